The number of aromatic nitrogens is 1. The van der Waals surface area contributed by atoms with E-state index in [0.717, 1.165) is 36.8 Å². The van der Waals surface area contributed by atoms with Crippen LogP contribution in [0.3, 0.4) is 0 Å². The first-order valence-corrected chi connectivity index (χ1v) is 6.54. The van der Waals surface area contributed by atoms with Crippen LogP contribution in [-0.4, -0.2) is 16.4 Å². The third-order valence-corrected chi connectivity index (χ3v) is 3.70. The normalized spacial score (nSPS) is 16.1. The van der Waals surface area contributed by atoms with E-state index < -0.39 is 5.54 Å². The fourth-order valence-electron chi connectivity index (χ4n) is 2.61. The van der Waals surface area contributed by atoms with Crippen molar-refractivity contribution in [1.82, 2.24) is 4.98 Å². The first kappa shape index (κ1) is 17.8. The van der Waals surface area contributed by atoms with Gasteiger partial charge in [-0.2, -0.15) is 0 Å². The van der Waals surface area contributed by atoms with Crippen LogP contribution in [0.15, 0.2) is 22.6 Å². The molecule has 1 aliphatic carbocycles. The molecule has 0 aliphatic heterocycles. The van der Waals surface area contributed by atoms with Gasteiger partial charge in [-0.15, -0.1) is 24.8 Å². The molecule has 1 aromatic carbocycles. The molecule has 0 atom stereocenters. The van der Waals surface area contributed by atoms with E-state index in [9.17, 15) is 4.79 Å². The quantitative estimate of drug-likeness (QED) is 0.885. The summed E-state index contributed by atoms with van der Waals surface area (Å²) in [5, 5.41) is 2.88. The average Bonchev–Trinajstić information content (AvgIpc) is 2.95. The molecule has 1 aromatic heterocycles. The predicted octanol–water partition coefficient (Wildman–Crippen LogP) is 3.19. The molecule has 3 N–H and O–H groups in total. The zero-order valence-corrected chi connectivity index (χ0v) is 13.4. The van der Waals surface area contributed by atoms with Gasteiger partial charge >= 0.3 is 0 Å². The van der Waals surface area contributed by atoms with Crippen LogP contribution in [-0.2, 0) is 4.79 Å². The molecule has 2 aromatic rings. The largest absolute Gasteiger partial charge is 0.441 e. The molecule has 21 heavy (non-hydrogen) atoms. The minimum Gasteiger partial charge on any atom is -0.441 e. The second-order valence-corrected chi connectivity index (χ2v) is 5.23. The van der Waals surface area contributed by atoms with Crippen molar-refractivity contribution in [2.45, 2.75) is 38.1 Å². The molecule has 0 spiro atoms. The smallest absolute Gasteiger partial charge is 0.244 e. The Kier molecular flexibility index (Phi) is 5.61. The van der Waals surface area contributed by atoms with Gasteiger partial charge in [0, 0.05) is 12.6 Å². The Balaban J connectivity index is 0.00000110. The zero-order valence-electron chi connectivity index (χ0n) is 11.7. The number of nitrogens with zero attached hydrogens (tertiary/aromatic N) is 1. The van der Waals surface area contributed by atoms with Crippen molar-refractivity contribution in [1.29, 1.82) is 0 Å². The highest BCUT2D eigenvalue weighted by atomic mass is 35.5. The molecule has 0 bridgehead atoms. The van der Waals surface area contributed by atoms with Crippen molar-refractivity contribution >= 4 is 47.5 Å². The van der Waals surface area contributed by atoms with Crippen LogP contribution in [0.4, 0.5) is 5.69 Å². The lowest BCUT2D eigenvalue weighted by Crippen LogP contribution is -2.48. The van der Waals surface area contributed by atoms with Gasteiger partial charge in [-0.05, 0) is 31.0 Å². The number of anilines is 1. The van der Waals surface area contributed by atoms with Crippen molar-refractivity contribution in [3.05, 3.63) is 24.1 Å². The Morgan fingerprint density at radius 2 is 2.00 bits per heavy atom. The molecule has 1 aliphatic rings. The fraction of sp³-hybridized carbons (Fsp3) is 0.429. The maximum atomic E-state index is 12.2. The van der Waals surface area contributed by atoms with E-state index >= 15 is 0 Å². The van der Waals surface area contributed by atoms with Crippen molar-refractivity contribution in [2.75, 3.05) is 5.32 Å². The average molecular weight is 332 g/mol. The molecule has 5 nitrogen and oxygen atoms in total. The summed E-state index contributed by atoms with van der Waals surface area (Å²) in [6.07, 6.45) is 3.55. The number of oxazole rings is 1. The standard InChI is InChI=1S/C14H17N3O2.2ClH/c1-9-16-11-8-10(4-5-12(11)19-9)17-13(18)14(15)6-2-3-7-14;;/h4-5,8H,2-3,6-7,15H2,1H3,(H,17,18);2*1H. The monoisotopic (exact) mass is 331 g/mol. The van der Waals surface area contributed by atoms with Gasteiger partial charge in [-0.1, -0.05) is 12.8 Å². The second-order valence-electron chi connectivity index (χ2n) is 5.23. The molecule has 1 amide bonds. The number of halogens is 2. The van der Waals surface area contributed by atoms with Gasteiger partial charge in [-0.3, -0.25) is 4.79 Å². The minimum absolute atomic E-state index is 0. The Hall–Kier alpha value is -1.30. The number of benzene rings is 1. The number of aryl methyl sites for hydroxylation is 1. The van der Waals surface area contributed by atoms with E-state index in [1.807, 2.05) is 18.2 Å². The zero-order chi connectivity index (χ0) is 13.5. The number of hydrogen-bond donors (Lipinski definition) is 2. The molecule has 0 saturated heterocycles. The SMILES string of the molecule is Cc1nc2cc(NC(=O)C3(N)CCCC3)ccc2o1.Cl.Cl. The number of hydrogen-bond acceptors (Lipinski definition) is 4. The number of carbonyl (C=O) groups is 1. The van der Waals surface area contributed by atoms with Crippen molar-refractivity contribution < 1.29 is 9.21 Å². The Bertz CT molecular complexity index is 636. The van der Waals surface area contributed by atoms with Crippen molar-refractivity contribution in [3.8, 4) is 0 Å². The summed E-state index contributed by atoms with van der Waals surface area (Å²) in [4.78, 5) is 16.4. The number of nitrogens with two attached hydrogens (primary N) is 1. The number of nitrogens with one attached hydrogen (secondary N) is 1. The van der Waals surface area contributed by atoms with E-state index in [4.69, 9.17) is 10.2 Å². The van der Waals surface area contributed by atoms with E-state index in [0.29, 0.717) is 11.6 Å². The molecule has 1 fully saturated rings. The molecular weight excluding hydrogens is 313 g/mol. The Morgan fingerprint density at radius 3 is 2.67 bits per heavy atom. The fourth-order valence-corrected chi connectivity index (χ4v) is 2.61. The van der Waals surface area contributed by atoms with E-state index in [1.54, 1.807) is 6.92 Å². The number of amides is 1. The summed E-state index contributed by atoms with van der Waals surface area (Å²) in [6, 6.07) is 5.42. The van der Waals surface area contributed by atoms with Crippen LogP contribution in [0.25, 0.3) is 11.1 Å². The van der Waals surface area contributed by atoms with Crippen LogP contribution in [0.5, 0.6) is 0 Å². The molecule has 0 unspecified atom stereocenters. The van der Waals surface area contributed by atoms with E-state index in [1.165, 1.54) is 0 Å². The third-order valence-electron chi connectivity index (χ3n) is 3.70. The van der Waals surface area contributed by atoms with Crippen LogP contribution >= 0.6 is 24.8 Å². The molecule has 1 saturated carbocycles. The number of carbonyl (C=O) groups excluding carboxylic acids is 1. The summed E-state index contributed by atoms with van der Waals surface area (Å²) in [5.74, 6) is 0.508. The van der Waals surface area contributed by atoms with Crippen molar-refractivity contribution in [2.24, 2.45) is 5.73 Å². The van der Waals surface area contributed by atoms with Crippen LogP contribution in [0.1, 0.15) is 31.6 Å². The Labute approximate surface area is 135 Å². The summed E-state index contributed by atoms with van der Waals surface area (Å²) < 4.78 is 5.40. The maximum absolute atomic E-state index is 12.2. The highest BCUT2D eigenvalue weighted by molar-refractivity contribution is 5.99. The lowest BCUT2D eigenvalue weighted by molar-refractivity contribution is -0.121. The van der Waals surface area contributed by atoms with Gasteiger partial charge in [0.2, 0.25) is 5.91 Å². The highest BCUT2D eigenvalue weighted by Crippen LogP contribution is 2.29. The topological polar surface area (TPSA) is 81.2 Å². The van der Waals surface area contributed by atoms with E-state index in [-0.39, 0.29) is 30.7 Å². The molecule has 0 radical (unpaired) electrons. The summed E-state index contributed by atoms with van der Waals surface area (Å²) in [6.45, 7) is 1.80. The van der Waals surface area contributed by atoms with Gasteiger partial charge in [0.15, 0.2) is 11.5 Å². The van der Waals surface area contributed by atoms with Gasteiger partial charge in [0.05, 0.1) is 5.54 Å². The summed E-state index contributed by atoms with van der Waals surface area (Å²) in [7, 11) is 0. The van der Waals surface area contributed by atoms with Crippen LogP contribution in [0.2, 0.25) is 0 Å². The molecule has 7 heteroatoms. The third kappa shape index (κ3) is 3.48. The molecule has 116 valence electrons. The van der Waals surface area contributed by atoms with Gasteiger partial charge in [0.1, 0.15) is 5.52 Å². The van der Waals surface area contributed by atoms with Crippen LogP contribution in [0, 0.1) is 6.92 Å². The lowest BCUT2D eigenvalue weighted by atomic mass is 9.98. The number of fused-ring (bicyclic) bond motifs is 1. The molecule has 3 rings (SSSR count). The summed E-state index contributed by atoms with van der Waals surface area (Å²) in [5.41, 5.74) is 7.58. The van der Waals surface area contributed by atoms with Crippen LogP contribution < -0.4 is 11.1 Å². The van der Waals surface area contributed by atoms with Crippen molar-refractivity contribution in [3.63, 3.8) is 0 Å². The van der Waals surface area contributed by atoms with Gasteiger partial charge in [-0.25, -0.2) is 4.98 Å². The highest BCUT2D eigenvalue weighted by Gasteiger charge is 2.36. The first-order valence-electron chi connectivity index (χ1n) is 6.54. The van der Waals surface area contributed by atoms with E-state index in [2.05, 4.69) is 10.3 Å². The number of rotatable bonds is 2. The van der Waals surface area contributed by atoms with Gasteiger partial charge < -0.3 is 15.5 Å². The molecular formula is C14H19Cl2N3O2. The first-order chi connectivity index (χ1) is 9.07. The maximum Gasteiger partial charge on any atom is 0.244 e. The van der Waals surface area contributed by atoms with Gasteiger partial charge in [0.25, 0.3) is 0 Å². The second kappa shape index (κ2) is 6.64. The summed E-state index contributed by atoms with van der Waals surface area (Å²) >= 11 is 0. The minimum atomic E-state index is -0.714. The molecule has 1 heterocycles. The lowest BCUT2D eigenvalue weighted by Gasteiger charge is -2.22. The predicted molar refractivity (Wildman–Crippen MR) is 87.3 cm³/mol. The Morgan fingerprint density at radius 1 is 1.33 bits per heavy atom.